The molecule has 1 saturated heterocycles. The second-order valence-corrected chi connectivity index (χ2v) is 6.70. The summed E-state index contributed by atoms with van der Waals surface area (Å²) in [5.74, 6) is 1.54. The van der Waals surface area contributed by atoms with E-state index < -0.39 is 5.60 Å². The Morgan fingerprint density at radius 3 is 2.71 bits per heavy atom. The van der Waals surface area contributed by atoms with Gasteiger partial charge in [-0.3, -0.25) is 4.90 Å². The van der Waals surface area contributed by atoms with Gasteiger partial charge in [-0.1, -0.05) is 13.8 Å². The molecule has 1 aliphatic rings. The first kappa shape index (κ1) is 16.4. The monoisotopic (exact) mass is 294 g/mol. The first-order valence-corrected chi connectivity index (χ1v) is 8.33. The van der Waals surface area contributed by atoms with E-state index in [-0.39, 0.29) is 0 Å². The van der Waals surface area contributed by atoms with Crippen LogP contribution in [-0.4, -0.2) is 50.0 Å². The van der Waals surface area contributed by atoms with E-state index in [4.69, 9.17) is 0 Å². The largest absolute Gasteiger partial charge is 0.389 e. The first-order valence-electron chi connectivity index (χ1n) is 8.33. The van der Waals surface area contributed by atoms with Gasteiger partial charge in [0.1, 0.15) is 12.2 Å². The molecule has 5 nitrogen and oxygen atoms in total. The molecule has 1 fully saturated rings. The van der Waals surface area contributed by atoms with Gasteiger partial charge < -0.3 is 9.67 Å². The molecule has 120 valence electrons. The first-order chi connectivity index (χ1) is 9.99. The lowest BCUT2D eigenvalue weighted by molar-refractivity contribution is -0.0103. The van der Waals surface area contributed by atoms with Crippen molar-refractivity contribution in [2.24, 2.45) is 0 Å². The highest BCUT2D eigenvalue weighted by molar-refractivity contribution is 5.01. The second kappa shape index (κ2) is 6.88. The van der Waals surface area contributed by atoms with Gasteiger partial charge in [0.15, 0.2) is 0 Å². The Morgan fingerprint density at radius 2 is 2.10 bits per heavy atom. The molecule has 0 radical (unpaired) electrons. The highest BCUT2D eigenvalue weighted by atomic mass is 16.3. The van der Waals surface area contributed by atoms with E-state index in [0.717, 1.165) is 38.3 Å². The van der Waals surface area contributed by atoms with Crippen LogP contribution in [-0.2, 0) is 0 Å². The molecule has 0 aliphatic carbocycles. The SMILES string of the molecule is CCC(O)(CC)CN1CCCC(c2nncn2C(C)C)C1. The van der Waals surface area contributed by atoms with E-state index in [1.807, 2.05) is 6.33 Å². The van der Waals surface area contributed by atoms with Gasteiger partial charge in [-0.05, 0) is 46.1 Å². The molecule has 0 saturated carbocycles. The average molecular weight is 294 g/mol. The number of aromatic nitrogens is 3. The van der Waals surface area contributed by atoms with Crippen LogP contribution < -0.4 is 0 Å². The van der Waals surface area contributed by atoms with Gasteiger partial charge in [-0.2, -0.15) is 0 Å². The molecule has 1 aliphatic heterocycles. The van der Waals surface area contributed by atoms with E-state index in [2.05, 4.69) is 47.4 Å². The standard InChI is InChI=1S/C16H30N4O/c1-5-16(21,6-2)11-19-9-7-8-14(10-19)15-18-17-12-20(15)13(3)4/h12-14,21H,5-11H2,1-4H3. The topological polar surface area (TPSA) is 54.2 Å². The van der Waals surface area contributed by atoms with Crippen molar-refractivity contribution >= 4 is 0 Å². The Morgan fingerprint density at radius 1 is 1.38 bits per heavy atom. The van der Waals surface area contributed by atoms with Crippen LogP contribution in [0.5, 0.6) is 0 Å². The highest BCUT2D eigenvalue weighted by Gasteiger charge is 2.31. The molecule has 1 unspecified atom stereocenters. The summed E-state index contributed by atoms with van der Waals surface area (Å²) in [6.45, 7) is 11.3. The molecule has 2 heterocycles. The number of piperidine rings is 1. The zero-order valence-electron chi connectivity index (χ0n) is 13.9. The van der Waals surface area contributed by atoms with Crippen molar-refractivity contribution in [2.45, 2.75) is 70.9 Å². The van der Waals surface area contributed by atoms with Gasteiger partial charge in [0, 0.05) is 25.0 Å². The van der Waals surface area contributed by atoms with Crippen molar-refractivity contribution in [1.29, 1.82) is 0 Å². The fourth-order valence-corrected chi connectivity index (χ4v) is 3.24. The van der Waals surface area contributed by atoms with Gasteiger partial charge in [0.2, 0.25) is 0 Å². The molecule has 0 bridgehead atoms. The molecule has 0 aromatic carbocycles. The number of aliphatic hydroxyl groups is 1. The van der Waals surface area contributed by atoms with E-state index in [0.29, 0.717) is 12.0 Å². The summed E-state index contributed by atoms with van der Waals surface area (Å²) in [6.07, 6.45) is 5.80. The van der Waals surface area contributed by atoms with E-state index in [9.17, 15) is 5.11 Å². The lowest BCUT2D eigenvalue weighted by atomic mass is 9.92. The minimum Gasteiger partial charge on any atom is -0.389 e. The van der Waals surface area contributed by atoms with Crippen LogP contribution in [0.4, 0.5) is 0 Å². The molecular formula is C16H30N4O. The Hall–Kier alpha value is -0.940. The second-order valence-electron chi connectivity index (χ2n) is 6.70. The maximum absolute atomic E-state index is 10.6. The number of hydrogen-bond acceptors (Lipinski definition) is 4. The lowest BCUT2D eigenvalue weighted by Gasteiger charge is -2.38. The minimum absolute atomic E-state index is 0.397. The maximum atomic E-state index is 10.6. The number of β-amino-alcohol motifs (C(OH)–C–C–N with tert-alkyl or cyclic N) is 1. The Balaban J connectivity index is 2.05. The Kier molecular flexibility index (Phi) is 5.38. The predicted molar refractivity (Wildman–Crippen MR) is 84.4 cm³/mol. The Labute approximate surface area is 128 Å². The highest BCUT2D eigenvalue weighted by Crippen LogP contribution is 2.28. The molecule has 0 spiro atoms. The third-order valence-corrected chi connectivity index (χ3v) is 4.86. The summed E-state index contributed by atoms with van der Waals surface area (Å²) in [7, 11) is 0. The van der Waals surface area contributed by atoms with Crippen LogP contribution in [0.15, 0.2) is 6.33 Å². The summed E-state index contributed by atoms with van der Waals surface area (Å²) < 4.78 is 2.18. The summed E-state index contributed by atoms with van der Waals surface area (Å²) in [5.41, 5.74) is -0.548. The van der Waals surface area contributed by atoms with Crippen LogP contribution >= 0.6 is 0 Å². The van der Waals surface area contributed by atoms with Gasteiger partial charge in [-0.25, -0.2) is 0 Å². The molecule has 1 atom stereocenters. The third kappa shape index (κ3) is 3.83. The van der Waals surface area contributed by atoms with Gasteiger partial charge in [-0.15, -0.1) is 10.2 Å². The predicted octanol–water partition coefficient (Wildman–Crippen LogP) is 2.59. The third-order valence-electron chi connectivity index (χ3n) is 4.86. The molecule has 5 heteroatoms. The number of likely N-dealkylation sites (tertiary alicyclic amines) is 1. The Bertz CT molecular complexity index is 439. The van der Waals surface area contributed by atoms with Crippen molar-refractivity contribution in [3.8, 4) is 0 Å². The van der Waals surface area contributed by atoms with Gasteiger partial charge in [0.05, 0.1) is 5.60 Å². The lowest BCUT2D eigenvalue weighted by Crippen LogP contribution is -2.46. The molecule has 2 rings (SSSR count). The van der Waals surface area contributed by atoms with Crippen LogP contribution in [0.2, 0.25) is 0 Å². The zero-order chi connectivity index (χ0) is 15.5. The molecular weight excluding hydrogens is 264 g/mol. The summed E-state index contributed by atoms with van der Waals surface area (Å²) >= 11 is 0. The average Bonchev–Trinajstić information content (AvgIpc) is 2.97. The van der Waals surface area contributed by atoms with Crippen LogP contribution in [0, 0.1) is 0 Å². The van der Waals surface area contributed by atoms with E-state index >= 15 is 0 Å². The normalized spacial score (nSPS) is 21.1. The van der Waals surface area contributed by atoms with Crippen molar-refractivity contribution in [2.75, 3.05) is 19.6 Å². The van der Waals surface area contributed by atoms with E-state index in [1.54, 1.807) is 0 Å². The molecule has 1 N–H and O–H groups in total. The summed E-state index contributed by atoms with van der Waals surface area (Å²) in [6, 6.07) is 0.397. The minimum atomic E-state index is -0.548. The van der Waals surface area contributed by atoms with Crippen LogP contribution in [0.1, 0.15) is 71.2 Å². The number of nitrogens with zero attached hydrogens (tertiary/aromatic N) is 4. The quantitative estimate of drug-likeness (QED) is 0.876. The molecule has 1 aromatic rings. The van der Waals surface area contributed by atoms with Crippen molar-refractivity contribution < 1.29 is 5.11 Å². The zero-order valence-corrected chi connectivity index (χ0v) is 13.9. The van der Waals surface area contributed by atoms with Crippen molar-refractivity contribution in [1.82, 2.24) is 19.7 Å². The van der Waals surface area contributed by atoms with Crippen molar-refractivity contribution in [3.63, 3.8) is 0 Å². The summed E-state index contributed by atoms with van der Waals surface area (Å²) in [5, 5.41) is 19.0. The molecule has 1 aromatic heterocycles. The van der Waals surface area contributed by atoms with E-state index in [1.165, 1.54) is 12.8 Å². The van der Waals surface area contributed by atoms with Crippen LogP contribution in [0.3, 0.4) is 0 Å². The molecule has 0 amide bonds. The number of hydrogen-bond donors (Lipinski definition) is 1. The molecule has 21 heavy (non-hydrogen) atoms. The smallest absolute Gasteiger partial charge is 0.137 e. The van der Waals surface area contributed by atoms with Crippen LogP contribution in [0.25, 0.3) is 0 Å². The number of rotatable bonds is 6. The fourth-order valence-electron chi connectivity index (χ4n) is 3.24. The van der Waals surface area contributed by atoms with Gasteiger partial charge in [0.25, 0.3) is 0 Å². The summed E-state index contributed by atoms with van der Waals surface area (Å²) in [4.78, 5) is 2.40. The maximum Gasteiger partial charge on any atom is 0.137 e. The van der Waals surface area contributed by atoms with Gasteiger partial charge >= 0.3 is 0 Å². The fraction of sp³-hybridized carbons (Fsp3) is 0.875. The van der Waals surface area contributed by atoms with Crippen molar-refractivity contribution in [3.05, 3.63) is 12.2 Å².